The normalized spacial score (nSPS) is 13.9. The molecule has 0 aromatic heterocycles. The van der Waals surface area contributed by atoms with Crippen LogP contribution in [0, 0.1) is 0 Å². The van der Waals surface area contributed by atoms with E-state index < -0.39 is 0 Å². The molecule has 0 atom stereocenters. The molecule has 6 aromatic carbocycles. The van der Waals surface area contributed by atoms with E-state index in [-0.39, 0.29) is 0 Å². The lowest BCUT2D eigenvalue weighted by Gasteiger charge is -2.19. The third-order valence-electron chi connectivity index (χ3n) is 8.44. The lowest BCUT2D eigenvalue weighted by molar-refractivity contribution is 0.513. The third kappa shape index (κ3) is 5.46. The van der Waals surface area contributed by atoms with Crippen LogP contribution >= 0.6 is 0 Å². The smallest absolute Gasteiger partial charge is 0.138 e. The highest BCUT2D eigenvalue weighted by Gasteiger charge is 2.18. The highest BCUT2D eigenvalue weighted by molar-refractivity contribution is 6.17. The molecule has 0 amide bonds. The van der Waals surface area contributed by atoms with Crippen LogP contribution in [0.2, 0.25) is 0 Å². The Labute approximate surface area is 265 Å². The molecular formula is C44H34O. The minimum Gasteiger partial charge on any atom is -0.456 e. The minimum absolute atomic E-state index is 0.656. The summed E-state index contributed by atoms with van der Waals surface area (Å²) in [6, 6.07) is 41.1. The molecule has 0 radical (unpaired) electrons. The summed E-state index contributed by atoms with van der Waals surface area (Å²) < 4.78 is 6.64. The van der Waals surface area contributed by atoms with Gasteiger partial charge < -0.3 is 4.74 Å². The summed E-state index contributed by atoms with van der Waals surface area (Å²) >= 11 is 0. The zero-order chi connectivity index (χ0) is 30.6. The van der Waals surface area contributed by atoms with Crippen molar-refractivity contribution in [2.24, 2.45) is 0 Å². The van der Waals surface area contributed by atoms with Gasteiger partial charge in [0.25, 0.3) is 0 Å². The first-order valence-electron chi connectivity index (χ1n) is 15.5. The molecule has 1 aliphatic heterocycles. The van der Waals surface area contributed by atoms with Crippen LogP contribution in [0.5, 0.6) is 5.75 Å². The molecule has 1 heterocycles. The van der Waals surface area contributed by atoms with Crippen LogP contribution in [0.4, 0.5) is 0 Å². The van der Waals surface area contributed by atoms with Crippen LogP contribution in [-0.2, 0) is 6.42 Å². The standard InChI is InChI=1S/C44H34O/c1-3-4-5-6-7-24-38-39-25-10-12-27-41(39)43(42-28-13-11-26-40(38)42)35-22-15-21-34(30-35)37-29-16-20-33-19-14-18-32-17-8-9-23-36(32)31(2)45-44(33)37/h3-18,20-30H,2,19H2,1H3/b4-3-,6-5-,18-14-,24-7+. The molecule has 0 spiro atoms. The van der Waals surface area contributed by atoms with Gasteiger partial charge in [-0.05, 0) is 74.3 Å². The van der Waals surface area contributed by atoms with Gasteiger partial charge in [0.05, 0.1) is 0 Å². The van der Waals surface area contributed by atoms with Gasteiger partial charge in [-0.1, -0.05) is 164 Å². The largest absolute Gasteiger partial charge is 0.456 e. The summed E-state index contributed by atoms with van der Waals surface area (Å²) in [5.41, 5.74) is 9.07. The fourth-order valence-corrected chi connectivity index (χ4v) is 6.37. The highest BCUT2D eigenvalue weighted by atomic mass is 16.5. The Hall–Kier alpha value is -5.66. The number of rotatable bonds is 5. The molecule has 0 bridgehead atoms. The van der Waals surface area contributed by atoms with E-state index in [4.69, 9.17) is 4.74 Å². The average molecular weight is 579 g/mol. The summed E-state index contributed by atoms with van der Waals surface area (Å²) in [5, 5.41) is 4.94. The maximum absolute atomic E-state index is 6.64. The van der Waals surface area contributed by atoms with E-state index in [1.54, 1.807) is 0 Å². The Kier molecular flexibility index (Phi) is 7.83. The highest BCUT2D eigenvalue weighted by Crippen LogP contribution is 2.43. The SMILES string of the molecule is C=C1Oc2c(cccc2-c2cccc(-c3c4ccccc4c(/C=C/C=C\C=C/C)c4ccccc34)c2)C/C=C\c2ccccc21. The first-order valence-corrected chi connectivity index (χ1v) is 15.5. The Balaban J connectivity index is 1.39. The molecule has 6 aromatic rings. The molecule has 45 heavy (non-hydrogen) atoms. The summed E-state index contributed by atoms with van der Waals surface area (Å²) in [6.07, 6.45) is 17.7. The van der Waals surface area contributed by atoms with Crippen LogP contribution in [0.3, 0.4) is 0 Å². The first kappa shape index (κ1) is 28.1. The van der Waals surface area contributed by atoms with E-state index in [9.17, 15) is 0 Å². The quantitative estimate of drug-likeness (QED) is 0.146. The average Bonchev–Trinajstić information content (AvgIpc) is 3.15. The second-order valence-electron chi connectivity index (χ2n) is 11.2. The van der Waals surface area contributed by atoms with E-state index in [0.717, 1.165) is 40.0 Å². The van der Waals surface area contributed by atoms with Crippen molar-refractivity contribution in [1.29, 1.82) is 0 Å². The molecule has 0 saturated heterocycles. The van der Waals surface area contributed by atoms with Gasteiger partial charge in [0.1, 0.15) is 11.5 Å². The minimum atomic E-state index is 0.656. The number of benzene rings is 6. The number of hydrogen-bond acceptors (Lipinski definition) is 1. The first-order chi connectivity index (χ1) is 22.2. The maximum atomic E-state index is 6.64. The summed E-state index contributed by atoms with van der Waals surface area (Å²) in [4.78, 5) is 0. The van der Waals surface area contributed by atoms with Gasteiger partial charge >= 0.3 is 0 Å². The van der Waals surface area contributed by atoms with Crippen LogP contribution < -0.4 is 4.74 Å². The van der Waals surface area contributed by atoms with Crippen LogP contribution in [0.25, 0.3) is 61.7 Å². The Morgan fingerprint density at radius 2 is 1.27 bits per heavy atom. The van der Waals surface area contributed by atoms with Crippen molar-refractivity contribution >= 4 is 39.5 Å². The van der Waals surface area contributed by atoms with Crippen molar-refractivity contribution in [3.8, 4) is 28.0 Å². The van der Waals surface area contributed by atoms with Gasteiger partial charge in [-0.3, -0.25) is 0 Å². The number of para-hydroxylation sites is 1. The van der Waals surface area contributed by atoms with Gasteiger partial charge in [0.15, 0.2) is 0 Å². The molecule has 1 nitrogen and oxygen atoms in total. The molecule has 0 unspecified atom stereocenters. The van der Waals surface area contributed by atoms with E-state index in [0.29, 0.717) is 5.76 Å². The molecule has 7 rings (SSSR count). The van der Waals surface area contributed by atoms with Crippen molar-refractivity contribution in [2.75, 3.05) is 0 Å². The number of allylic oxidation sites excluding steroid dienone is 6. The van der Waals surface area contributed by atoms with Crippen molar-refractivity contribution in [3.63, 3.8) is 0 Å². The fourth-order valence-electron chi connectivity index (χ4n) is 6.37. The van der Waals surface area contributed by atoms with Crippen molar-refractivity contribution < 1.29 is 4.74 Å². The van der Waals surface area contributed by atoms with Gasteiger partial charge in [0, 0.05) is 11.1 Å². The maximum Gasteiger partial charge on any atom is 0.138 e. The monoisotopic (exact) mass is 578 g/mol. The van der Waals surface area contributed by atoms with Gasteiger partial charge in [0.2, 0.25) is 0 Å². The molecule has 1 heteroatoms. The topological polar surface area (TPSA) is 9.23 Å². The van der Waals surface area contributed by atoms with Crippen LogP contribution in [0.1, 0.15) is 29.2 Å². The zero-order valence-electron chi connectivity index (χ0n) is 25.4. The Morgan fingerprint density at radius 1 is 0.622 bits per heavy atom. The molecule has 216 valence electrons. The van der Waals surface area contributed by atoms with Crippen molar-refractivity contribution in [1.82, 2.24) is 0 Å². The number of fused-ring (bicyclic) bond motifs is 4. The second kappa shape index (κ2) is 12.5. The molecule has 1 aliphatic rings. The predicted octanol–water partition coefficient (Wildman–Crippen LogP) is 12.1. The van der Waals surface area contributed by atoms with Gasteiger partial charge in [-0.2, -0.15) is 0 Å². The molecule has 0 aliphatic carbocycles. The van der Waals surface area contributed by atoms with E-state index in [1.165, 1.54) is 38.2 Å². The van der Waals surface area contributed by atoms with E-state index >= 15 is 0 Å². The molecule has 0 saturated carbocycles. The third-order valence-corrected chi connectivity index (χ3v) is 8.44. The summed E-state index contributed by atoms with van der Waals surface area (Å²) in [7, 11) is 0. The lowest BCUT2D eigenvalue weighted by atomic mass is 9.87. The Bertz CT molecular complexity index is 2130. The zero-order valence-corrected chi connectivity index (χ0v) is 25.4. The van der Waals surface area contributed by atoms with Gasteiger partial charge in [-0.15, -0.1) is 0 Å². The van der Waals surface area contributed by atoms with Gasteiger partial charge in [-0.25, -0.2) is 0 Å². The van der Waals surface area contributed by atoms with Crippen LogP contribution in [-0.4, -0.2) is 0 Å². The predicted molar refractivity (Wildman–Crippen MR) is 194 cm³/mol. The number of ether oxygens (including phenoxy) is 1. The molecular weight excluding hydrogens is 544 g/mol. The summed E-state index contributed by atoms with van der Waals surface area (Å²) in [6.45, 7) is 6.37. The number of hydrogen-bond donors (Lipinski definition) is 0. The lowest BCUT2D eigenvalue weighted by Crippen LogP contribution is -1.99. The van der Waals surface area contributed by atoms with Crippen LogP contribution in [0.15, 0.2) is 158 Å². The van der Waals surface area contributed by atoms with Crippen molar-refractivity contribution in [3.05, 3.63) is 181 Å². The van der Waals surface area contributed by atoms with Crippen molar-refractivity contribution in [2.45, 2.75) is 13.3 Å². The fraction of sp³-hybridized carbons (Fsp3) is 0.0455. The Morgan fingerprint density at radius 3 is 2.04 bits per heavy atom. The molecule has 0 fully saturated rings. The van der Waals surface area contributed by atoms with E-state index in [1.807, 2.05) is 25.1 Å². The molecule has 0 N–H and O–H groups in total. The van der Waals surface area contributed by atoms with E-state index in [2.05, 4.69) is 152 Å². The second-order valence-corrected chi connectivity index (χ2v) is 11.2. The summed E-state index contributed by atoms with van der Waals surface area (Å²) in [5.74, 6) is 1.52.